The Morgan fingerprint density at radius 3 is 2.19 bits per heavy atom. The number of methoxy groups -OCH3 is 1. The first-order valence-electron chi connectivity index (χ1n) is 8.66. The Labute approximate surface area is 158 Å². The van der Waals surface area contributed by atoms with Crippen molar-refractivity contribution in [3.8, 4) is 0 Å². The summed E-state index contributed by atoms with van der Waals surface area (Å²) in [6, 6.07) is 19.7. The average molecular weight is 372 g/mol. The smallest absolute Gasteiger partial charge is 0.176 e. The summed E-state index contributed by atoms with van der Waals surface area (Å²) < 4.78 is 12.1. The molecule has 4 nitrogen and oxygen atoms in total. The third kappa shape index (κ3) is 3.96. The zero-order valence-electron chi connectivity index (χ0n) is 15.2. The van der Waals surface area contributed by atoms with Gasteiger partial charge in [0.2, 0.25) is 0 Å². The van der Waals surface area contributed by atoms with Crippen LogP contribution in [0.5, 0.6) is 0 Å². The van der Waals surface area contributed by atoms with Crippen LogP contribution in [0.1, 0.15) is 19.4 Å². The summed E-state index contributed by atoms with van der Waals surface area (Å²) in [5, 5.41) is 9.58. The van der Waals surface area contributed by atoms with Gasteiger partial charge in [-0.05, 0) is 19.1 Å². The molecule has 2 aromatic carbocycles. The minimum atomic E-state index is -0.250. The van der Waals surface area contributed by atoms with Gasteiger partial charge < -0.3 is 14.4 Å². The molecule has 26 heavy (non-hydrogen) atoms. The van der Waals surface area contributed by atoms with Crippen LogP contribution >= 0.6 is 11.8 Å². The van der Waals surface area contributed by atoms with Crippen molar-refractivity contribution >= 4 is 17.5 Å². The van der Waals surface area contributed by atoms with Gasteiger partial charge in [0.25, 0.3) is 0 Å². The molecule has 0 amide bonds. The highest BCUT2D eigenvalue weighted by Gasteiger charge is 2.41. The molecule has 0 aromatic heterocycles. The van der Waals surface area contributed by atoms with E-state index in [2.05, 4.69) is 19.1 Å². The first-order chi connectivity index (χ1) is 12.7. The van der Waals surface area contributed by atoms with Crippen molar-refractivity contribution in [1.29, 1.82) is 0 Å². The van der Waals surface area contributed by atoms with Gasteiger partial charge in [0.1, 0.15) is 5.44 Å². The van der Waals surface area contributed by atoms with Crippen molar-refractivity contribution in [1.82, 2.24) is 0 Å². The van der Waals surface area contributed by atoms with Crippen molar-refractivity contribution in [2.45, 2.75) is 36.4 Å². The number of benzene rings is 2. The molecule has 1 heterocycles. The van der Waals surface area contributed by atoms with E-state index in [1.54, 1.807) is 18.9 Å². The van der Waals surface area contributed by atoms with E-state index in [-0.39, 0.29) is 23.6 Å². The predicted octanol–water partition coefficient (Wildman–Crippen LogP) is 5.08. The summed E-state index contributed by atoms with van der Waals surface area (Å²) in [5.41, 5.74) is 1.55. The molecule has 4 unspecified atom stereocenters. The predicted molar refractivity (Wildman–Crippen MR) is 104 cm³/mol. The molecule has 0 aliphatic carbocycles. The highest BCUT2D eigenvalue weighted by molar-refractivity contribution is 7.99. The molecule has 0 bridgehead atoms. The number of thioether (sulfide) groups is 1. The molecular formula is C21H24O4S. The van der Waals surface area contributed by atoms with Crippen LogP contribution in [0.25, 0.3) is 5.76 Å². The second-order valence-corrected chi connectivity index (χ2v) is 7.51. The van der Waals surface area contributed by atoms with Gasteiger partial charge in [-0.3, -0.25) is 0 Å². The number of hydrogen-bond donors (Lipinski definition) is 1. The van der Waals surface area contributed by atoms with E-state index in [4.69, 9.17) is 14.4 Å². The maximum Gasteiger partial charge on any atom is 0.176 e. The normalized spacial score (nSPS) is 27.8. The molecule has 1 aliphatic heterocycles. The topological polar surface area (TPSA) is 47.9 Å². The van der Waals surface area contributed by atoms with E-state index < -0.39 is 0 Å². The molecule has 1 aliphatic rings. The first-order valence-corrected chi connectivity index (χ1v) is 9.54. The lowest BCUT2D eigenvalue weighted by molar-refractivity contribution is -0.174. The Morgan fingerprint density at radius 1 is 1.00 bits per heavy atom. The van der Waals surface area contributed by atoms with Gasteiger partial charge in [0.05, 0.1) is 12.2 Å². The molecule has 2 aromatic rings. The van der Waals surface area contributed by atoms with Gasteiger partial charge in [-0.2, -0.15) is 0 Å². The number of rotatable bonds is 5. The minimum absolute atomic E-state index is 0.0585. The Bertz CT molecular complexity index is 732. The standard InChI is InChI=1S/C21H24O4S/c1-14-19(23-3)18(20(25-22)16-10-6-4-7-11-16)15(2)24-21(14)26-17-12-8-5-9-13-17/h4-15,19,21-22H,1-3H3/b20-18-. The summed E-state index contributed by atoms with van der Waals surface area (Å²) in [5.74, 6) is 0.477. The summed E-state index contributed by atoms with van der Waals surface area (Å²) in [7, 11) is 1.68. The maximum atomic E-state index is 9.58. The summed E-state index contributed by atoms with van der Waals surface area (Å²) in [4.78, 5) is 5.95. The largest absolute Gasteiger partial charge is 0.376 e. The van der Waals surface area contributed by atoms with Crippen LogP contribution in [0.4, 0.5) is 0 Å². The van der Waals surface area contributed by atoms with Crippen molar-refractivity contribution in [2.24, 2.45) is 5.92 Å². The van der Waals surface area contributed by atoms with Gasteiger partial charge in [0.15, 0.2) is 5.76 Å². The van der Waals surface area contributed by atoms with Gasteiger partial charge in [-0.15, -0.1) is 0 Å². The quantitative estimate of drug-likeness (QED) is 0.451. The zero-order valence-corrected chi connectivity index (χ0v) is 16.0. The fourth-order valence-electron chi connectivity index (χ4n) is 3.34. The summed E-state index contributed by atoms with van der Waals surface area (Å²) >= 11 is 1.68. The SMILES string of the molecule is COC1/C(=C(\OO)c2ccccc2)C(C)OC(Sc2ccccc2)C1C. The van der Waals surface area contributed by atoms with E-state index in [1.165, 1.54) is 0 Å². The lowest BCUT2D eigenvalue weighted by atomic mass is 9.88. The fourth-order valence-corrected chi connectivity index (χ4v) is 4.50. The van der Waals surface area contributed by atoms with Crippen LogP contribution < -0.4 is 0 Å². The first kappa shape index (κ1) is 19.0. The molecule has 0 spiro atoms. The molecule has 5 heteroatoms. The highest BCUT2D eigenvalue weighted by atomic mass is 32.2. The number of ether oxygens (including phenoxy) is 2. The monoisotopic (exact) mass is 372 g/mol. The second kappa shape index (κ2) is 8.73. The highest BCUT2D eigenvalue weighted by Crippen LogP contribution is 2.42. The third-order valence-electron chi connectivity index (χ3n) is 4.63. The molecule has 1 fully saturated rings. The molecule has 0 saturated carbocycles. The van der Waals surface area contributed by atoms with Crippen LogP contribution in [0.15, 0.2) is 71.1 Å². The van der Waals surface area contributed by atoms with Crippen molar-refractivity contribution in [3.05, 3.63) is 71.8 Å². The van der Waals surface area contributed by atoms with E-state index in [0.29, 0.717) is 5.76 Å². The molecular weight excluding hydrogens is 348 g/mol. The molecule has 3 rings (SSSR count). The van der Waals surface area contributed by atoms with Crippen LogP contribution in [-0.4, -0.2) is 30.0 Å². The van der Waals surface area contributed by atoms with Gasteiger partial charge in [-0.25, -0.2) is 5.26 Å². The Balaban J connectivity index is 1.93. The maximum absolute atomic E-state index is 9.58. The van der Waals surface area contributed by atoms with Crippen molar-refractivity contribution in [2.75, 3.05) is 7.11 Å². The van der Waals surface area contributed by atoms with E-state index >= 15 is 0 Å². The molecule has 0 radical (unpaired) electrons. The lowest BCUT2D eigenvalue weighted by Crippen LogP contribution is -2.44. The minimum Gasteiger partial charge on any atom is -0.376 e. The average Bonchev–Trinajstić information content (AvgIpc) is 2.68. The number of hydrogen-bond acceptors (Lipinski definition) is 5. The van der Waals surface area contributed by atoms with E-state index in [9.17, 15) is 5.26 Å². The molecule has 4 atom stereocenters. The third-order valence-corrected chi connectivity index (χ3v) is 5.95. The fraction of sp³-hybridized carbons (Fsp3) is 0.333. The van der Waals surface area contributed by atoms with Crippen LogP contribution in [-0.2, 0) is 14.4 Å². The van der Waals surface area contributed by atoms with E-state index in [0.717, 1.165) is 16.0 Å². The Hall–Kier alpha value is -1.79. The van der Waals surface area contributed by atoms with Gasteiger partial charge >= 0.3 is 0 Å². The molecule has 138 valence electrons. The second-order valence-electron chi connectivity index (χ2n) is 6.33. The summed E-state index contributed by atoms with van der Waals surface area (Å²) in [6.45, 7) is 4.06. The molecule has 1 saturated heterocycles. The van der Waals surface area contributed by atoms with E-state index in [1.807, 2.05) is 55.5 Å². The van der Waals surface area contributed by atoms with Crippen LogP contribution in [0, 0.1) is 5.92 Å². The summed E-state index contributed by atoms with van der Waals surface area (Å²) in [6.07, 6.45) is -0.470. The Kier molecular flexibility index (Phi) is 6.38. The van der Waals surface area contributed by atoms with Gasteiger partial charge in [0, 0.05) is 29.1 Å². The Morgan fingerprint density at radius 2 is 1.62 bits per heavy atom. The van der Waals surface area contributed by atoms with Gasteiger partial charge in [-0.1, -0.05) is 67.2 Å². The van der Waals surface area contributed by atoms with Crippen LogP contribution in [0.3, 0.4) is 0 Å². The zero-order chi connectivity index (χ0) is 18.5. The van der Waals surface area contributed by atoms with Crippen molar-refractivity contribution in [3.63, 3.8) is 0 Å². The lowest BCUT2D eigenvalue weighted by Gasteiger charge is -2.40. The van der Waals surface area contributed by atoms with Crippen molar-refractivity contribution < 1.29 is 19.6 Å². The van der Waals surface area contributed by atoms with Crippen LogP contribution in [0.2, 0.25) is 0 Å². The molecule has 1 N–H and O–H groups in total.